The van der Waals surface area contributed by atoms with Gasteiger partial charge in [0.15, 0.2) is 11.2 Å². The molecular formula is C41H49ClN8O8. The SMILES string of the molecule is COc1ccc2nc(N3CCN(C(=O)OC(C)(C)C)CC3COc3cccnc3)oc2c1.COc1ccc2nc(N3CCNCC3COc3cccnc3)oc2c1.Cl. The number of methoxy groups -OCH3 is 2. The molecule has 2 aromatic carbocycles. The van der Waals surface area contributed by atoms with Gasteiger partial charge in [-0.05, 0) is 69.3 Å². The molecule has 0 radical (unpaired) electrons. The number of hydrogen-bond donors (Lipinski definition) is 1. The first kappa shape index (κ1) is 41.6. The summed E-state index contributed by atoms with van der Waals surface area (Å²) in [4.78, 5) is 36.0. The van der Waals surface area contributed by atoms with Crippen molar-refractivity contribution in [2.24, 2.45) is 0 Å². The smallest absolute Gasteiger partial charge is 0.410 e. The highest BCUT2D eigenvalue weighted by Crippen LogP contribution is 2.30. The number of benzene rings is 2. The number of amides is 1. The predicted octanol–water partition coefficient (Wildman–Crippen LogP) is 6.25. The summed E-state index contributed by atoms with van der Waals surface area (Å²) in [7, 11) is 3.25. The van der Waals surface area contributed by atoms with Crippen molar-refractivity contribution >= 4 is 52.7 Å². The van der Waals surface area contributed by atoms with E-state index >= 15 is 0 Å². The van der Waals surface area contributed by atoms with Gasteiger partial charge in [-0.1, -0.05) is 0 Å². The number of rotatable bonds is 10. The monoisotopic (exact) mass is 816 g/mol. The van der Waals surface area contributed by atoms with Crippen molar-refractivity contribution < 1.29 is 37.3 Å². The van der Waals surface area contributed by atoms with Gasteiger partial charge in [0.1, 0.15) is 52.8 Å². The van der Waals surface area contributed by atoms with Crippen LogP contribution in [0.4, 0.5) is 16.8 Å². The number of pyridine rings is 2. The Hall–Kier alpha value is -6.00. The summed E-state index contributed by atoms with van der Waals surface area (Å²) in [5.41, 5.74) is 2.36. The van der Waals surface area contributed by atoms with E-state index in [1.165, 1.54) is 0 Å². The van der Waals surface area contributed by atoms with Crippen LogP contribution in [0.25, 0.3) is 22.2 Å². The number of nitrogens with zero attached hydrogens (tertiary/aromatic N) is 7. The van der Waals surface area contributed by atoms with Crippen LogP contribution in [0.15, 0.2) is 94.3 Å². The fourth-order valence-electron chi connectivity index (χ4n) is 6.44. The fraction of sp³-hybridized carbons (Fsp3) is 0.390. The van der Waals surface area contributed by atoms with Crippen LogP contribution < -0.4 is 34.1 Å². The molecule has 2 atom stereocenters. The lowest BCUT2D eigenvalue weighted by atomic mass is 10.2. The Balaban J connectivity index is 0.000000198. The largest absolute Gasteiger partial charge is 0.497 e. The highest BCUT2D eigenvalue weighted by atomic mass is 35.5. The quantitative estimate of drug-likeness (QED) is 0.165. The van der Waals surface area contributed by atoms with Crippen molar-refractivity contribution in [2.75, 3.05) is 76.5 Å². The number of anilines is 2. The minimum absolute atomic E-state index is 0. The third-order valence-electron chi connectivity index (χ3n) is 9.30. The highest BCUT2D eigenvalue weighted by molar-refractivity contribution is 5.85. The number of halogens is 1. The van der Waals surface area contributed by atoms with Gasteiger partial charge in [0.25, 0.3) is 12.0 Å². The number of carbonyl (C=O) groups excluding carboxylic acids is 1. The predicted molar refractivity (Wildman–Crippen MR) is 221 cm³/mol. The first-order valence-corrected chi connectivity index (χ1v) is 18.8. The molecule has 0 saturated carbocycles. The fourth-order valence-corrected chi connectivity index (χ4v) is 6.44. The standard InChI is InChI=1S/C23H28N4O5.C18H20N4O3.ClH/c1-23(2,3)32-22(28)26-10-11-27(16(14-26)15-30-18-6-5-9-24-13-18)21-25-19-8-7-17(29-4)12-20(19)31-21;1-23-14-4-5-16-17(9-14)25-18(21-16)22-8-7-20-10-13(22)12-24-15-3-2-6-19-11-15;/h5-9,12-13,16H,10-11,14-15H2,1-4H3;2-6,9,11,13,20H,7-8,10,12H2,1H3;1H. The molecule has 0 bridgehead atoms. The van der Waals surface area contributed by atoms with Crippen molar-refractivity contribution in [1.29, 1.82) is 0 Å². The van der Waals surface area contributed by atoms with Gasteiger partial charge in [0.05, 0.1) is 38.7 Å². The molecule has 1 amide bonds. The van der Waals surface area contributed by atoms with Crippen LogP contribution in [-0.2, 0) is 4.74 Å². The van der Waals surface area contributed by atoms with Crippen LogP contribution in [0.5, 0.6) is 23.0 Å². The lowest BCUT2D eigenvalue weighted by Crippen LogP contribution is -2.57. The van der Waals surface area contributed by atoms with Gasteiger partial charge in [-0.3, -0.25) is 9.97 Å². The molecular weight excluding hydrogens is 768 g/mol. The van der Waals surface area contributed by atoms with Crippen molar-refractivity contribution in [3.63, 3.8) is 0 Å². The number of ether oxygens (including phenoxy) is 5. The van der Waals surface area contributed by atoms with Crippen molar-refractivity contribution in [2.45, 2.75) is 38.5 Å². The first-order valence-electron chi connectivity index (χ1n) is 18.8. The van der Waals surface area contributed by atoms with E-state index in [0.29, 0.717) is 62.0 Å². The number of nitrogens with one attached hydrogen (secondary N) is 1. The van der Waals surface area contributed by atoms with Crippen LogP contribution >= 0.6 is 12.4 Å². The molecule has 2 aliphatic heterocycles. The summed E-state index contributed by atoms with van der Waals surface area (Å²) in [6.45, 7) is 10.4. The Kier molecular flexibility index (Phi) is 13.6. The van der Waals surface area contributed by atoms with Crippen LogP contribution in [-0.4, -0.2) is 115 Å². The van der Waals surface area contributed by atoms with Crippen LogP contribution in [0, 0.1) is 0 Å². The van der Waals surface area contributed by atoms with E-state index in [1.807, 2.05) is 86.3 Å². The van der Waals surface area contributed by atoms with Crippen LogP contribution in [0.3, 0.4) is 0 Å². The molecule has 6 heterocycles. The van der Waals surface area contributed by atoms with Gasteiger partial charge in [-0.2, -0.15) is 9.97 Å². The van der Waals surface area contributed by atoms with E-state index in [0.717, 1.165) is 47.7 Å². The molecule has 2 unspecified atom stereocenters. The lowest BCUT2D eigenvalue weighted by Gasteiger charge is -2.40. The molecule has 2 fully saturated rings. The summed E-state index contributed by atoms with van der Waals surface area (Å²) in [5, 5.41) is 3.40. The Morgan fingerprint density at radius 3 is 1.83 bits per heavy atom. The Bertz CT molecular complexity index is 2220. The van der Waals surface area contributed by atoms with Gasteiger partial charge in [-0.15, -0.1) is 12.4 Å². The zero-order chi connectivity index (χ0) is 39.8. The lowest BCUT2D eigenvalue weighted by molar-refractivity contribution is 0.0198. The Labute approximate surface area is 342 Å². The molecule has 1 N–H and O–H groups in total. The number of piperazine rings is 2. The number of fused-ring (bicyclic) bond motifs is 2. The molecule has 4 aromatic heterocycles. The van der Waals surface area contributed by atoms with Crippen LogP contribution in [0.1, 0.15) is 20.8 Å². The molecule has 0 spiro atoms. The van der Waals surface area contributed by atoms with E-state index in [2.05, 4.69) is 30.2 Å². The van der Waals surface area contributed by atoms with Crippen molar-refractivity contribution in [1.82, 2.24) is 30.2 Å². The zero-order valence-electron chi connectivity index (χ0n) is 33.2. The normalized spacial score (nSPS) is 16.9. The first-order chi connectivity index (χ1) is 27.7. The van der Waals surface area contributed by atoms with Gasteiger partial charge in [-0.25, -0.2) is 4.79 Å². The molecule has 2 aliphatic rings. The molecule has 16 nitrogen and oxygen atoms in total. The van der Waals surface area contributed by atoms with E-state index in [4.69, 9.17) is 32.5 Å². The number of aromatic nitrogens is 4. The maximum Gasteiger partial charge on any atom is 0.410 e. The summed E-state index contributed by atoms with van der Waals surface area (Å²) >= 11 is 0. The minimum Gasteiger partial charge on any atom is -0.497 e. The van der Waals surface area contributed by atoms with Crippen molar-refractivity contribution in [3.8, 4) is 23.0 Å². The minimum atomic E-state index is -0.560. The summed E-state index contributed by atoms with van der Waals surface area (Å²) in [5.74, 6) is 2.87. The zero-order valence-corrected chi connectivity index (χ0v) is 34.0. The van der Waals surface area contributed by atoms with Crippen molar-refractivity contribution in [3.05, 3.63) is 85.5 Å². The van der Waals surface area contributed by atoms with Gasteiger partial charge < -0.3 is 52.5 Å². The second-order valence-corrected chi connectivity index (χ2v) is 14.5. The molecule has 0 aliphatic carbocycles. The summed E-state index contributed by atoms with van der Waals surface area (Å²) in [6, 6.07) is 19.6. The van der Waals surface area contributed by atoms with Crippen LogP contribution in [0.2, 0.25) is 0 Å². The number of hydrogen-bond acceptors (Lipinski definition) is 15. The Morgan fingerprint density at radius 2 is 1.31 bits per heavy atom. The maximum atomic E-state index is 12.7. The molecule has 17 heteroatoms. The average molecular weight is 817 g/mol. The topological polar surface area (TPSA) is 163 Å². The van der Waals surface area contributed by atoms with E-state index in [1.54, 1.807) is 43.9 Å². The number of carbonyl (C=O) groups is 1. The van der Waals surface area contributed by atoms with E-state index < -0.39 is 5.60 Å². The third-order valence-corrected chi connectivity index (χ3v) is 9.30. The van der Waals surface area contributed by atoms with Gasteiger partial charge >= 0.3 is 6.09 Å². The van der Waals surface area contributed by atoms with E-state index in [-0.39, 0.29) is 30.6 Å². The second-order valence-electron chi connectivity index (χ2n) is 14.5. The third kappa shape index (κ3) is 10.5. The second kappa shape index (κ2) is 19.0. The van der Waals surface area contributed by atoms with Gasteiger partial charge in [0, 0.05) is 63.8 Å². The molecule has 8 rings (SSSR count). The van der Waals surface area contributed by atoms with E-state index in [9.17, 15) is 4.79 Å². The highest BCUT2D eigenvalue weighted by Gasteiger charge is 2.35. The molecule has 58 heavy (non-hydrogen) atoms. The molecule has 2 saturated heterocycles. The molecule has 308 valence electrons. The maximum absolute atomic E-state index is 12.7. The average Bonchev–Trinajstić information content (AvgIpc) is 3.86. The van der Waals surface area contributed by atoms with Gasteiger partial charge in [0.2, 0.25) is 0 Å². The summed E-state index contributed by atoms with van der Waals surface area (Å²) < 4.78 is 39.9. The molecule has 6 aromatic rings. The Morgan fingerprint density at radius 1 is 0.759 bits per heavy atom. The summed E-state index contributed by atoms with van der Waals surface area (Å²) in [6.07, 6.45) is 6.45. The number of oxazole rings is 2.